The molecule has 0 spiro atoms. The van der Waals surface area contributed by atoms with Crippen LogP contribution in [0.4, 0.5) is 4.39 Å². The standard InChI is InChI=1S/C16H16FN3O4/c1-2-19(10-9-15(22)23)16(24)12-7-8-14(21)20(18-12)13-6-4-3-5-11(13)17/h3-8H,2,9-10H2,1H3,(H,22,23). The van der Waals surface area contributed by atoms with Crippen molar-refractivity contribution in [3.05, 3.63) is 58.3 Å². The molecule has 2 rings (SSSR count). The van der Waals surface area contributed by atoms with E-state index < -0.39 is 23.3 Å². The van der Waals surface area contributed by atoms with E-state index >= 15 is 0 Å². The first-order valence-electron chi connectivity index (χ1n) is 7.30. The van der Waals surface area contributed by atoms with E-state index in [0.29, 0.717) is 0 Å². The number of carboxylic acid groups (broad SMARTS) is 1. The molecule has 126 valence electrons. The maximum absolute atomic E-state index is 13.9. The van der Waals surface area contributed by atoms with Crippen LogP contribution in [-0.2, 0) is 4.79 Å². The number of aromatic nitrogens is 2. The number of carboxylic acids is 1. The van der Waals surface area contributed by atoms with Gasteiger partial charge in [-0.1, -0.05) is 12.1 Å². The van der Waals surface area contributed by atoms with Crippen LogP contribution >= 0.6 is 0 Å². The lowest BCUT2D eigenvalue weighted by Crippen LogP contribution is -2.35. The van der Waals surface area contributed by atoms with E-state index in [1.807, 2.05) is 0 Å². The number of rotatable bonds is 6. The molecule has 8 heteroatoms. The van der Waals surface area contributed by atoms with Gasteiger partial charge in [-0.2, -0.15) is 9.78 Å². The molecule has 1 N–H and O–H groups in total. The van der Waals surface area contributed by atoms with Crippen LogP contribution < -0.4 is 5.56 Å². The van der Waals surface area contributed by atoms with Crippen LogP contribution in [0.1, 0.15) is 23.8 Å². The zero-order valence-corrected chi connectivity index (χ0v) is 13.0. The molecule has 0 saturated heterocycles. The lowest BCUT2D eigenvalue weighted by atomic mass is 10.3. The Labute approximate surface area is 137 Å². The second kappa shape index (κ2) is 7.49. The molecule has 7 nitrogen and oxygen atoms in total. The number of halogens is 1. The highest BCUT2D eigenvalue weighted by Gasteiger charge is 2.18. The van der Waals surface area contributed by atoms with Crippen molar-refractivity contribution < 1.29 is 19.1 Å². The Morgan fingerprint density at radius 3 is 2.58 bits per heavy atom. The van der Waals surface area contributed by atoms with Crippen LogP contribution in [0.2, 0.25) is 0 Å². The van der Waals surface area contributed by atoms with Crippen LogP contribution in [0, 0.1) is 5.82 Å². The lowest BCUT2D eigenvalue weighted by Gasteiger charge is -2.19. The second-order valence-electron chi connectivity index (χ2n) is 4.95. The Balaban J connectivity index is 2.37. The van der Waals surface area contributed by atoms with Crippen molar-refractivity contribution in [1.29, 1.82) is 0 Å². The topological polar surface area (TPSA) is 92.5 Å². The first kappa shape index (κ1) is 17.3. The maximum Gasteiger partial charge on any atom is 0.305 e. The van der Waals surface area contributed by atoms with Gasteiger partial charge in [-0.05, 0) is 25.1 Å². The van der Waals surface area contributed by atoms with E-state index in [9.17, 15) is 18.8 Å². The molecular weight excluding hydrogens is 317 g/mol. The summed E-state index contributed by atoms with van der Waals surface area (Å²) in [6.45, 7) is 2.00. The molecule has 0 unspecified atom stereocenters. The predicted octanol–water partition coefficient (Wildman–Crippen LogP) is 1.31. The minimum atomic E-state index is -1.02. The number of aliphatic carboxylic acids is 1. The number of carbonyl (C=O) groups excluding carboxylic acids is 1. The number of hydrogen-bond donors (Lipinski definition) is 1. The summed E-state index contributed by atoms with van der Waals surface area (Å²) in [4.78, 5) is 36.3. The third kappa shape index (κ3) is 3.83. The van der Waals surface area contributed by atoms with Crippen LogP contribution in [-0.4, -0.2) is 44.8 Å². The molecule has 0 saturated carbocycles. The number of hydrogen-bond acceptors (Lipinski definition) is 4. The highest BCUT2D eigenvalue weighted by Crippen LogP contribution is 2.10. The van der Waals surface area contributed by atoms with Crippen LogP contribution in [0.25, 0.3) is 5.69 Å². The van der Waals surface area contributed by atoms with Gasteiger partial charge in [0.1, 0.15) is 17.2 Å². The van der Waals surface area contributed by atoms with Crippen LogP contribution in [0.5, 0.6) is 0 Å². The minimum Gasteiger partial charge on any atom is -0.481 e. The van der Waals surface area contributed by atoms with Gasteiger partial charge in [-0.25, -0.2) is 4.39 Å². The van der Waals surface area contributed by atoms with Gasteiger partial charge in [-0.15, -0.1) is 0 Å². The number of amides is 1. The Morgan fingerprint density at radius 2 is 1.96 bits per heavy atom. The molecule has 2 aromatic rings. The summed E-state index contributed by atoms with van der Waals surface area (Å²) in [5.41, 5.74) is -0.707. The smallest absolute Gasteiger partial charge is 0.305 e. The summed E-state index contributed by atoms with van der Waals surface area (Å²) in [6, 6.07) is 7.95. The third-order valence-corrected chi connectivity index (χ3v) is 3.36. The van der Waals surface area contributed by atoms with E-state index in [2.05, 4.69) is 5.10 Å². The predicted molar refractivity (Wildman–Crippen MR) is 83.6 cm³/mol. The van der Waals surface area contributed by atoms with E-state index in [0.717, 1.165) is 10.7 Å². The molecular formula is C16H16FN3O4. The van der Waals surface area contributed by atoms with Crippen LogP contribution in [0.15, 0.2) is 41.2 Å². The zero-order chi connectivity index (χ0) is 17.7. The highest BCUT2D eigenvalue weighted by atomic mass is 19.1. The van der Waals surface area contributed by atoms with Crippen molar-refractivity contribution in [2.75, 3.05) is 13.1 Å². The average Bonchev–Trinajstić information content (AvgIpc) is 2.56. The van der Waals surface area contributed by atoms with Gasteiger partial charge in [-0.3, -0.25) is 14.4 Å². The Morgan fingerprint density at radius 1 is 1.25 bits per heavy atom. The largest absolute Gasteiger partial charge is 0.481 e. The fraction of sp³-hybridized carbons (Fsp3) is 0.250. The summed E-state index contributed by atoms with van der Waals surface area (Å²) in [5, 5.41) is 12.7. The number of carbonyl (C=O) groups is 2. The monoisotopic (exact) mass is 333 g/mol. The van der Waals surface area contributed by atoms with E-state index in [1.54, 1.807) is 13.0 Å². The summed E-state index contributed by atoms with van der Waals surface area (Å²) >= 11 is 0. The summed E-state index contributed by atoms with van der Waals surface area (Å²) < 4.78 is 14.7. The normalized spacial score (nSPS) is 10.4. The van der Waals surface area contributed by atoms with Crippen molar-refractivity contribution in [2.24, 2.45) is 0 Å². The molecule has 0 fully saturated rings. The second-order valence-corrected chi connectivity index (χ2v) is 4.95. The van der Waals surface area contributed by atoms with E-state index in [-0.39, 0.29) is 30.9 Å². The number of nitrogens with zero attached hydrogens (tertiary/aromatic N) is 3. The van der Waals surface area contributed by atoms with Gasteiger partial charge in [0.25, 0.3) is 11.5 Å². The molecule has 0 atom stereocenters. The quantitative estimate of drug-likeness (QED) is 0.860. The molecule has 0 aliphatic carbocycles. The van der Waals surface area contributed by atoms with Gasteiger partial charge in [0, 0.05) is 19.2 Å². The Bertz CT molecular complexity index is 819. The molecule has 0 radical (unpaired) electrons. The third-order valence-electron chi connectivity index (χ3n) is 3.36. The fourth-order valence-corrected chi connectivity index (χ4v) is 2.12. The summed E-state index contributed by atoms with van der Waals surface area (Å²) in [6.07, 6.45) is -0.202. The fourth-order valence-electron chi connectivity index (χ4n) is 2.12. The van der Waals surface area contributed by atoms with Crippen molar-refractivity contribution in [3.8, 4) is 5.69 Å². The molecule has 0 aliphatic heterocycles. The molecule has 1 heterocycles. The van der Waals surface area contributed by atoms with Crippen molar-refractivity contribution >= 4 is 11.9 Å². The van der Waals surface area contributed by atoms with Gasteiger partial charge >= 0.3 is 5.97 Å². The Hall–Kier alpha value is -3.03. The molecule has 24 heavy (non-hydrogen) atoms. The molecule has 1 amide bonds. The van der Waals surface area contributed by atoms with Gasteiger partial charge < -0.3 is 10.0 Å². The Kier molecular flexibility index (Phi) is 5.41. The SMILES string of the molecule is CCN(CCC(=O)O)C(=O)c1ccc(=O)n(-c2ccccc2F)n1. The van der Waals surface area contributed by atoms with E-state index in [1.165, 1.54) is 29.2 Å². The van der Waals surface area contributed by atoms with Crippen molar-refractivity contribution in [3.63, 3.8) is 0 Å². The summed E-state index contributed by atoms with van der Waals surface area (Å²) in [5.74, 6) is -2.19. The van der Waals surface area contributed by atoms with Gasteiger partial charge in [0.05, 0.1) is 6.42 Å². The van der Waals surface area contributed by atoms with Crippen molar-refractivity contribution in [1.82, 2.24) is 14.7 Å². The maximum atomic E-state index is 13.9. The lowest BCUT2D eigenvalue weighted by molar-refractivity contribution is -0.137. The van der Waals surface area contributed by atoms with Gasteiger partial charge in [0.2, 0.25) is 0 Å². The van der Waals surface area contributed by atoms with Gasteiger partial charge in [0.15, 0.2) is 0 Å². The first-order chi connectivity index (χ1) is 11.4. The number of para-hydroxylation sites is 1. The molecule has 0 aliphatic rings. The first-order valence-corrected chi connectivity index (χ1v) is 7.30. The molecule has 0 bridgehead atoms. The highest BCUT2D eigenvalue weighted by molar-refractivity contribution is 5.92. The van der Waals surface area contributed by atoms with E-state index in [4.69, 9.17) is 5.11 Å². The average molecular weight is 333 g/mol. The number of benzene rings is 1. The molecule has 1 aromatic heterocycles. The van der Waals surface area contributed by atoms with Crippen LogP contribution in [0.3, 0.4) is 0 Å². The minimum absolute atomic E-state index is 0.0190. The molecule has 1 aromatic carbocycles. The van der Waals surface area contributed by atoms with Crippen molar-refractivity contribution in [2.45, 2.75) is 13.3 Å². The summed E-state index contributed by atoms with van der Waals surface area (Å²) in [7, 11) is 0. The zero-order valence-electron chi connectivity index (χ0n) is 13.0.